The van der Waals surface area contributed by atoms with Crippen LogP contribution in [0.25, 0.3) is 0 Å². The molecule has 1 aromatic carbocycles. The number of para-hydroxylation sites is 1. The Bertz CT molecular complexity index is 636. The molecule has 0 radical (unpaired) electrons. The molecule has 3 N–H and O–H groups in total. The quantitative estimate of drug-likeness (QED) is 0.596. The van der Waals surface area contributed by atoms with Gasteiger partial charge in [0.25, 0.3) is 0 Å². The molecule has 0 bridgehead atoms. The summed E-state index contributed by atoms with van der Waals surface area (Å²) in [6, 6.07) is 2.48. The summed E-state index contributed by atoms with van der Waals surface area (Å²) in [7, 11) is -4.19. The van der Waals surface area contributed by atoms with Gasteiger partial charge in [-0.15, -0.1) is 12.4 Å². The molecule has 1 fully saturated rings. The molecule has 0 spiro atoms. The van der Waals surface area contributed by atoms with Crippen molar-refractivity contribution in [3.8, 4) is 0 Å². The number of hydrogen-bond donors (Lipinski definition) is 2. The van der Waals surface area contributed by atoms with E-state index in [2.05, 4.69) is 4.72 Å². The fourth-order valence-corrected chi connectivity index (χ4v) is 3.49. The number of rotatable bonds is 6. The van der Waals surface area contributed by atoms with Gasteiger partial charge in [0.15, 0.2) is 4.90 Å². The number of nitrogens with zero attached hydrogens (tertiary/aromatic N) is 1. The fourth-order valence-electron chi connectivity index (χ4n) is 1.99. The van der Waals surface area contributed by atoms with Gasteiger partial charge in [0.2, 0.25) is 15.8 Å². The van der Waals surface area contributed by atoms with Gasteiger partial charge in [0, 0.05) is 12.6 Å². The van der Waals surface area contributed by atoms with Crippen LogP contribution in [-0.2, 0) is 10.0 Å². The molecule has 1 aromatic rings. The van der Waals surface area contributed by atoms with Crippen molar-refractivity contribution in [1.82, 2.24) is 4.72 Å². The molecule has 1 atom stereocenters. The van der Waals surface area contributed by atoms with Crippen LogP contribution in [0.2, 0.25) is 0 Å². The number of nitro groups is 1. The molecule has 0 amide bonds. The lowest BCUT2D eigenvalue weighted by atomic mass is 10.2. The molecule has 0 aliphatic heterocycles. The minimum absolute atomic E-state index is 0. The number of nitro benzene ring substituents is 1. The van der Waals surface area contributed by atoms with Crippen molar-refractivity contribution >= 4 is 28.1 Å². The minimum Gasteiger partial charge on any atom is -0.329 e. The normalized spacial score (nSPS) is 16.1. The van der Waals surface area contributed by atoms with Gasteiger partial charge in [-0.05, 0) is 30.9 Å². The van der Waals surface area contributed by atoms with Crippen molar-refractivity contribution in [2.75, 3.05) is 6.54 Å². The van der Waals surface area contributed by atoms with Crippen LogP contribution in [0, 0.1) is 21.8 Å². The average molecular weight is 340 g/mol. The number of hydrogen-bond acceptors (Lipinski definition) is 5. The van der Waals surface area contributed by atoms with E-state index in [-0.39, 0.29) is 24.9 Å². The molecule has 0 heterocycles. The maximum Gasteiger partial charge on any atom is 0.324 e. The van der Waals surface area contributed by atoms with Gasteiger partial charge in [0.1, 0.15) is 0 Å². The molecule has 10 heteroatoms. The van der Waals surface area contributed by atoms with Gasteiger partial charge in [-0.25, -0.2) is 13.1 Å². The van der Waals surface area contributed by atoms with Gasteiger partial charge in [-0.2, -0.15) is 4.39 Å². The van der Waals surface area contributed by atoms with Crippen molar-refractivity contribution in [1.29, 1.82) is 0 Å². The van der Waals surface area contributed by atoms with Crippen LogP contribution >= 0.6 is 12.4 Å². The zero-order chi connectivity index (χ0) is 14.9. The van der Waals surface area contributed by atoms with Crippen molar-refractivity contribution in [2.45, 2.75) is 23.8 Å². The van der Waals surface area contributed by atoms with Crippen molar-refractivity contribution in [3.05, 3.63) is 34.1 Å². The highest BCUT2D eigenvalue weighted by molar-refractivity contribution is 7.89. The predicted molar refractivity (Wildman–Crippen MR) is 76.2 cm³/mol. The lowest BCUT2D eigenvalue weighted by Gasteiger charge is -2.16. The molecule has 7 nitrogen and oxygen atoms in total. The Hall–Kier alpha value is -1.29. The molecule has 1 saturated carbocycles. The van der Waals surface area contributed by atoms with Crippen LogP contribution in [0.5, 0.6) is 0 Å². The highest BCUT2D eigenvalue weighted by Gasteiger charge is 2.36. The van der Waals surface area contributed by atoms with E-state index in [4.69, 9.17) is 5.73 Å². The highest BCUT2D eigenvalue weighted by Crippen LogP contribution is 2.34. The molecule has 1 aliphatic carbocycles. The number of nitrogens with one attached hydrogen (secondary N) is 1. The summed E-state index contributed by atoms with van der Waals surface area (Å²) in [6.45, 7) is 0.0903. The predicted octanol–water partition coefficient (Wildman–Crippen LogP) is 1.17. The number of nitrogens with two attached hydrogens (primary N) is 1. The summed E-state index contributed by atoms with van der Waals surface area (Å²) in [5, 5.41) is 10.8. The second-order valence-corrected chi connectivity index (χ2v) is 6.33. The molecule has 118 valence electrons. The number of benzene rings is 1. The van der Waals surface area contributed by atoms with Gasteiger partial charge < -0.3 is 5.73 Å². The van der Waals surface area contributed by atoms with E-state index < -0.39 is 37.4 Å². The van der Waals surface area contributed by atoms with E-state index in [1.807, 2.05) is 0 Å². The summed E-state index contributed by atoms with van der Waals surface area (Å²) >= 11 is 0. The number of sulfonamides is 1. The molecule has 21 heavy (non-hydrogen) atoms. The monoisotopic (exact) mass is 339 g/mol. The third-order valence-corrected chi connectivity index (χ3v) is 4.69. The summed E-state index contributed by atoms with van der Waals surface area (Å²) in [5.41, 5.74) is 4.44. The lowest BCUT2D eigenvalue weighted by Crippen LogP contribution is -2.41. The van der Waals surface area contributed by atoms with Crippen molar-refractivity contribution in [2.24, 2.45) is 11.7 Å². The molecule has 2 rings (SSSR count). The summed E-state index contributed by atoms with van der Waals surface area (Å²) in [6.07, 6.45) is 1.71. The maximum atomic E-state index is 13.5. The zero-order valence-electron chi connectivity index (χ0n) is 10.9. The van der Waals surface area contributed by atoms with Gasteiger partial charge >= 0.3 is 5.69 Å². The van der Waals surface area contributed by atoms with Crippen LogP contribution in [0.1, 0.15) is 12.8 Å². The minimum atomic E-state index is -4.19. The average Bonchev–Trinajstić information content (AvgIpc) is 3.19. The first kappa shape index (κ1) is 17.8. The standard InChI is InChI=1S/C11H14FN3O4S.ClH/c12-8-2-1-3-10(11(8)15(16)17)20(18,19)14-9(6-13)7-4-5-7;/h1-3,7,9,14H,4-6,13H2;1H. The van der Waals surface area contributed by atoms with E-state index >= 15 is 0 Å². The first-order valence-corrected chi connectivity index (χ1v) is 7.50. The lowest BCUT2D eigenvalue weighted by molar-refractivity contribution is -0.390. The van der Waals surface area contributed by atoms with Gasteiger partial charge in [-0.3, -0.25) is 10.1 Å². The Labute approximate surface area is 127 Å². The van der Waals surface area contributed by atoms with E-state index in [1.54, 1.807) is 0 Å². The molecule has 1 unspecified atom stereocenters. The second-order valence-electron chi connectivity index (χ2n) is 4.64. The topological polar surface area (TPSA) is 115 Å². The van der Waals surface area contributed by atoms with Gasteiger partial charge in [-0.1, -0.05) is 6.07 Å². The van der Waals surface area contributed by atoms with Crippen LogP contribution in [-0.4, -0.2) is 25.9 Å². The molecule has 0 saturated heterocycles. The van der Waals surface area contributed by atoms with Crippen LogP contribution in [0.4, 0.5) is 10.1 Å². The SMILES string of the molecule is Cl.NCC(NS(=O)(=O)c1cccc(F)c1[N+](=O)[O-])C1CC1. The Morgan fingerprint density at radius 1 is 1.48 bits per heavy atom. The summed E-state index contributed by atoms with van der Waals surface area (Å²) in [5.74, 6) is -1.05. The molecular formula is C11H15ClFN3O4S. The third-order valence-electron chi connectivity index (χ3n) is 3.17. The second kappa shape index (κ2) is 6.65. The maximum absolute atomic E-state index is 13.5. The Kier molecular flexibility index (Phi) is 5.62. The summed E-state index contributed by atoms with van der Waals surface area (Å²) < 4.78 is 40.1. The summed E-state index contributed by atoms with van der Waals surface area (Å²) in [4.78, 5) is 9.12. The molecular weight excluding hydrogens is 325 g/mol. The van der Waals surface area contributed by atoms with E-state index in [9.17, 15) is 22.9 Å². The van der Waals surface area contributed by atoms with Crippen molar-refractivity contribution in [3.63, 3.8) is 0 Å². The Morgan fingerprint density at radius 3 is 2.57 bits per heavy atom. The van der Waals surface area contributed by atoms with E-state index in [1.165, 1.54) is 0 Å². The van der Waals surface area contributed by atoms with Crippen molar-refractivity contribution < 1.29 is 17.7 Å². The third kappa shape index (κ3) is 3.88. The first-order chi connectivity index (χ1) is 9.36. The number of halogens is 2. The van der Waals surface area contributed by atoms with Crippen LogP contribution in [0.3, 0.4) is 0 Å². The highest BCUT2D eigenvalue weighted by atomic mass is 35.5. The van der Waals surface area contributed by atoms with Crippen LogP contribution < -0.4 is 10.5 Å². The Balaban J connectivity index is 0.00000220. The Morgan fingerprint density at radius 2 is 2.10 bits per heavy atom. The fraction of sp³-hybridized carbons (Fsp3) is 0.455. The first-order valence-electron chi connectivity index (χ1n) is 6.02. The van der Waals surface area contributed by atoms with E-state index in [0.29, 0.717) is 0 Å². The van der Waals surface area contributed by atoms with E-state index in [0.717, 1.165) is 31.0 Å². The smallest absolute Gasteiger partial charge is 0.324 e. The largest absolute Gasteiger partial charge is 0.329 e. The zero-order valence-corrected chi connectivity index (χ0v) is 12.5. The molecule has 1 aliphatic rings. The van der Waals surface area contributed by atoms with Crippen LogP contribution in [0.15, 0.2) is 23.1 Å². The molecule has 0 aromatic heterocycles. The van der Waals surface area contributed by atoms with Gasteiger partial charge in [0.05, 0.1) is 4.92 Å².